The molecule has 1 aromatic carbocycles. The van der Waals surface area contributed by atoms with Crippen LogP contribution in [0.1, 0.15) is 68.1 Å². The molecule has 1 saturated carbocycles. The van der Waals surface area contributed by atoms with Gasteiger partial charge >= 0.3 is 0 Å². The number of benzene rings is 1. The minimum Gasteiger partial charge on any atom is -0.493 e. The SMILES string of the molecule is CN(C(=O)c1ccc(OCC2CCCCC2)cc1)C1CC2CCC(C1)N2. The highest BCUT2D eigenvalue weighted by molar-refractivity contribution is 5.94. The van der Waals surface area contributed by atoms with Crippen molar-refractivity contribution in [2.45, 2.75) is 75.9 Å². The number of rotatable bonds is 5. The third-order valence-corrected chi connectivity index (χ3v) is 6.63. The van der Waals surface area contributed by atoms with Crippen LogP contribution in [0.25, 0.3) is 0 Å². The Morgan fingerprint density at radius 1 is 1.04 bits per heavy atom. The first kappa shape index (κ1) is 17.8. The van der Waals surface area contributed by atoms with Gasteiger partial charge in [-0.05, 0) is 68.7 Å². The second-order valence-electron chi connectivity index (χ2n) is 8.52. The molecule has 1 amide bonds. The van der Waals surface area contributed by atoms with Crippen LogP contribution in [0, 0.1) is 5.92 Å². The molecule has 0 aromatic heterocycles. The molecule has 2 saturated heterocycles. The summed E-state index contributed by atoms with van der Waals surface area (Å²) < 4.78 is 5.96. The van der Waals surface area contributed by atoms with Crippen molar-refractivity contribution in [3.8, 4) is 5.75 Å². The van der Waals surface area contributed by atoms with E-state index >= 15 is 0 Å². The number of carbonyl (C=O) groups excluding carboxylic acids is 1. The van der Waals surface area contributed by atoms with Gasteiger partial charge in [0.15, 0.2) is 0 Å². The molecule has 2 unspecified atom stereocenters. The third kappa shape index (κ3) is 4.06. The lowest BCUT2D eigenvalue weighted by molar-refractivity contribution is 0.0681. The summed E-state index contributed by atoms with van der Waals surface area (Å²) in [4.78, 5) is 14.8. The van der Waals surface area contributed by atoms with Gasteiger partial charge in [-0.1, -0.05) is 19.3 Å². The summed E-state index contributed by atoms with van der Waals surface area (Å²) in [7, 11) is 1.96. The molecule has 4 heteroatoms. The molecule has 2 aliphatic heterocycles. The first-order valence-electron chi connectivity index (χ1n) is 10.4. The Bertz CT molecular complexity index is 597. The van der Waals surface area contributed by atoms with E-state index in [1.807, 2.05) is 36.2 Å². The zero-order chi connectivity index (χ0) is 17.9. The molecule has 2 atom stereocenters. The van der Waals surface area contributed by atoms with Crippen LogP contribution in [0.2, 0.25) is 0 Å². The molecular weight excluding hydrogens is 324 g/mol. The standard InChI is InChI=1S/C22H32N2O2/c1-24(20-13-18-9-10-19(14-20)23-18)22(25)17-7-11-21(12-8-17)26-15-16-5-3-2-4-6-16/h7-8,11-12,16,18-20,23H,2-6,9-10,13-15H2,1H3. The number of carbonyl (C=O) groups is 1. The van der Waals surface area contributed by atoms with E-state index in [1.54, 1.807) is 0 Å². The Hall–Kier alpha value is -1.55. The van der Waals surface area contributed by atoms with Gasteiger partial charge in [-0.25, -0.2) is 0 Å². The molecular formula is C22H32N2O2. The van der Waals surface area contributed by atoms with E-state index in [1.165, 1.54) is 44.9 Å². The lowest BCUT2D eigenvalue weighted by Gasteiger charge is -2.35. The van der Waals surface area contributed by atoms with Gasteiger partial charge in [0.2, 0.25) is 0 Å². The lowest BCUT2D eigenvalue weighted by Crippen LogP contribution is -2.48. The normalized spacial score (nSPS) is 28.7. The third-order valence-electron chi connectivity index (χ3n) is 6.63. The van der Waals surface area contributed by atoms with Crippen LogP contribution in [0.4, 0.5) is 0 Å². The molecule has 3 fully saturated rings. The maximum atomic E-state index is 12.9. The number of nitrogens with zero attached hydrogens (tertiary/aromatic N) is 1. The summed E-state index contributed by atoms with van der Waals surface area (Å²) >= 11 is 0. The number of amides is 1. The molecule has 2 heterocycles. The van der Waals surface area contributed by atoms with Crippen molar-refractivity contribution in [3.63, 3.8) is 0 Å². The predicted molar refractivity (Wildman–Crippen MR) is 104 cm³/mol. The molecule has 142 valence electrons. The van der Waals surface area contributed by atoms with Crippen molar-refractivity contribution in [2.75, 3.05) is 13.7 Å². The van der Waals surface area contributed by atoms with Gasteiger partial charge in [0, 0.05) is 30.7 Å². The average molecular weight is 357 g/mol. The Morgan fingerprint density at radius 2 is 1.69 bits per heavy atom. The summed E-state index contributed by atoms with van der Waals surface area (Å²) in [6.07, 6.45) is 11.3. The van der Waals surface area contributed by atoms with E-state index in [9.17, 15) is 4.79 Å². The second kappa shape index (κ2) is 7.99. The second-order valence-corrected chi connectivity index (χ2v) is 8.52. The van der Waals surface area contributed by atoms with E-state index < -0.39 is 0 Å². The van der Waals surface area contributed by atoms with Crippen LogP contribution in [0.5, 0.6) is 5.75 Å². The molecule has 3 aliphatic rings. The fourth-order valence-corrected chi connectivity index (χ4v) is 4.97. The summed E-state index contributed by atoms with van der Waals surface area (Å²) in [6.45, 7) is 0.811. The van der Waals surface area contributed by atoms with E-state index in [2.05, 4.69) is 5.32 Å². The van der Waals surface area contributed by atoms with Gasteiger partial charge in [-0.3, -0.25) is 4.79 Å². The summed E-state index contributed by atoms with van der Waals surface area (Å²) in [5.41, 5.74) is 0.767. The highest BCUT2D eigenvalue weighted by atomic mass is 16.5. The van der Waals surface area contributed by atoms with Crippen LogP contribution in [-0.2, 0) is 0 Å². The molecule has 0 radical (unpaired) electrons. The van der Waals surface area contributed by atoms with E-state index in [4.69, 9.17) is 4.74 Å². The highest BCUT2D eigenvalue weighted by Crippen LogP contribution is 2.30. The van der Waals surface area contributed by atoms with Crippen molar-refractivity contribution >= 4 is 5.91 Å². The molecule has 0 spiro atoms. The number of hydrogen-bond acceptors (Lipinski definition) is 3. The van der Waals surface area contributed by atoms with Gasteiger partial charge in [0.05, 0.1) is 6.61 Å². The summed E-state index contributed by atoms with van der Waals surface area (Å²) in [5, 5.41) is 3.65. The van der Waals surface area contributed by atoms with Gasteiger partial charge in [0.25, 0.3) is 5.91 Å². The summed E-state index contributed by atoms with van der Waals surface area (Å²) in [5.74, 6) is 1.72. The average Bonchev–Trinajstić information content (AvgIpc) is 3.04. The van der Waals surface area contributed by atoms with Crippen LogP contribution < -0.4 is 10.1 Å². The Morgan fingerprint density at radius 3 is 2.35 bits per heavy atom. The van der Waals surface area contributed by atoms with Crippen LogP contribution in [0.3, 0.4) is 0 Å². The van der Waals surface area contributed by atoms with Crippen LogP contribution in [-0.4, -0.2) is 42.6 Å². The smallest absolute Gasteiger partial charge is 0.253 e. The van der Waals surface area contributed by atoms with Crippen molar-refractivity contribution < 1.29 is 9.53 Å². The molecule has 1 N–H and O–H groups in total. The van der Waals surface area contributed by atoms with Crippen molar-refractivity contribution in [2.24, 2.45) is 5.92 Å². The first-order valence-corrected chi connectivity index (χ1v) is 10.4. The maximum absolute atomic E-state index is 12.9. The molecule has 26 heavy (non-hydrogen) atoms. The van der Waals surface area contributed by atoms with Crippen molar-refractivity contribution in [3.05, 3.63) is 29.8 Å². The molecule has 1 aliphatic carbocycles. The fraction of sp³-hybridized carbons (Fsp3) is 0.682. The number of fused-ring (bicyclic) bond motifs is 2. The summed E-state index contributed by atoms with van der Waals surface area (Å²) in [6, 6.07) is 9.32. The van der Waals surface area contributed by atoms with Gasteiger partial charge in [-0.2, -0.15) is 0 Å². The molecule has 4 rings (SSSR count). The monoisotopic (exact) mass is 356 g/mol. The predicted octanol–water partition coefficient (Wildman–Crippen LogP) is 4.00. The first-order chi connectivity index (χ1) is 12.7. The lowest BCUT2D eigenvalue weighted by atomic mass is 9.90. The Kier molecular flexibility index (Phi) is 5.49. The maximum Gasteiger partial charge on any atom is 0.253 e. The number of ether oxygens (including phenoxy) is 1. The van der Waals surface area contributed by atoms with Crippen molar-refractivity contribution in [1.82, 2.24) is 10.2 Å². The van der Waals surface area contributed by atoms with E-state index in [-0.39, 0.29) is 5.91 Å². The largest absolute Gasteiger partial charge is 0.493 e. The number of nitrogens with one attached hydrogen (secondary N) is 1. The van der Waals surface area contributed by atoms with Crippen LogP contribution >= 0.6 is 0 Å². The zero-order valence-corrected chi connectivity index (χ0v) is 16.0. The van der Waals surface area contributed by atoms with Gasteiger partial charge < -0.3 is 15.0 Å². The number of hydrogen-bond donors (Lipinski definition) is 1. The minimum atomic E-state index is 0.134. The fourth-order valence-electron chi connectivity index (χ4n) is 4.97. The highest BCUT2D eigenvalue weighted by Gasteiger charge is 2.36. The van der Waals surface area contributed by atoms with Crippen molar-refractivity contribution in [1.29, 1.82) is 0 Å². The van der Waals surface area contributed by atoms with Crippen LogP contribution in [0.15, 0.2) is 24.3 Å². The molecule has 1 aromatic rings. The Labute approximate surface area is 157 Å². The zero-order valence-electron chi connectivity index (χ0n) is 16.0. The topological polar surface area (TPSA) is 41.6 Å². The Balaban J connectivity index is 1.31. The number of piperidine rings is 1. The quantitative estimate of drug-likeness (QED) is 0.867. The molecule has 4 nitrogen and oxygen atoms in total. The van der Waals surface area contributed by atoms with Gasteiger partial charge in [0.1, 0.15) is 5.75 Å². The molecule has 2 bridgehead atoms. The van der Waals surface area contributed by atoms with E-state index in [0.29, 0.717) is 24.0 Å². The van der Waals surface area contributed by atoms with Gasteiger partial charge in [-0.15, -0.1) is 0 Å². The minimum absolute atomic E-state index is 0.134. The van der Waals surface area contributed by atoms with E-state index in [0.717, 1.165) is 30.8 Å².